The number of aliphatic hydroxyl groups is 5. The van der Waals surface area contributed by atoms with Crippen LogP contribution in [0, 0.1) is 5.41 Å². The fourth-order valence-electron chi connectivity index (χ4n) is 3.07. The predicted molar refractivity (Wildman–Crippen MR) is 95.0 cm³/mol. The molecule has 28 heavy (non-hydrogen) atoms. The van der Waals surface area contributed by atoms with E-state index in [2.05, 4.69) is 5.32 Å². The number of carbonyl (C=O) groups is 1. The number of carboxylic acids is 1. The summed E-state index contributed by atoms with van der Waals surface area (Å²) in [5.41, 5.74) is 5.94. The first-order valence-corrected chi connectivity index (χ1v) is 8.09. The summed E-state index contributed by atoms with van der Waals surface area (Å²) in [6.07, 6.45) is -11.7. The van der Waals surface area contributed by atoms with Crippen LogP contribution in [0.4, 0.5) is 0 Å². The Bertz CT molecular complexity index is 527. The van der Waals surface area contributed by atoms with Crippen molar-refractivity contribution < 1.29 is 50.4 Å². The summed E-state index contributed by atoms with van der Waals surface area (Å²) in [5, 5.41) is 67.6. The van der Waals surface area contributed by atoms with Gasteiger partial charge in [0.25, 0.3) is 0 Å². The molecule has 1 aliphatic heterocycles. The molecule has 1 heterocycles. The predicted octanol–water partition coefficient (Wildman–Crippen LogP) is -4.73. The molecule has 166 valence electrons. The van der Waals surface area contributed by atoms with E-state index in [1.807, 2.05) is 0 Å². The van der Waals surface area contributed by atoms with E-state index >= 15 is 0 Å². The maximum atomic E-state index is 10.7. The molecule has 1 saturated heterocycles. The van der Waals surface area contributed by atoms with Crippen molar-refractivity contribution in [3.8, 4) is 0 Å². The number of amidine groups is 1. The summed E-state index contributed by atoms with van der Waals surface area (Å²) < 4.78 is 11.0. The summed E-state index contributed by atoms with van der Waals surface area (Å²) in [6, 6.07) is -1.39. The van der Waals surface area contributed by atoms with Crippen LogP contribution in [-0.2, 0) is 14.3 Å². The van der Waals surface area contributed by atoms with Crippen molar-refractivity contribution in [1.29, 1.82) is 5.41 Å². The molecule has 1 saturated carbocycles. The zero-order chi connectivity index (χ0) is 19.8. The van der Waals surface area contributed by atoms with Gasteiger partial charge in [0.15, 0.2) is 6.29 Å². The Morgan fingerprint density at radius 2 is 1.57 bits per heavy atom. The van der Waals surface area contributed by atoms with E-state index in [4.69, 9.17) is 25.7 Å². The van der Waals surface area contributed by atoms with E-state index in [9.17, 15) is 30.3 Å². The van der Waals surface area contributed by atoms with Crippen molar-refractivity contribution in [2.75, 3.05) is 0 Å². The minimum Gasteiger partial charge on any atom is -0.475 e. The number of hydrogen-bond acceptors (Lipinski definition) is 10. The zero-order valence-corrected chi connectivity index (χ0v) is 15.7. The minimum atomic E-state index is -1.74. The fourth-order valence-corrected chi connectivity index (χ4v) is 3.07. The van der Waals surface area contributed by atoms with Crippen LogP contribution in [0.1, 0.15) is 13.3 Å². The number of rotatable bonds is 3. The zero-order valence-electron chi connectivity index (χ0n) is 14.9. The third-order valence-corrected chi connectivity index (χ3v) is 4.70. The van der Waals surface area contributed by atoms with E-state index in [1.54, 1.807) is 6.92 Å². The van der Waals surface area contributed by atoms with Crippen LogP contribution in [0.5, 0.6) is 0 Å². The third kappa shape index (κ3) is 5.48. The molecule has 12 N–H and O–H groups in total. The van der Waals surface area contributed by atoms with Crippen molar-refractivity contribution >= 4 is 24.2 Å². The van der Waals surface area contributed by atoms with Crippen LogP contribution in [-0.4, -0.2) is 109 Å². The highest BCUT2D eigenvalue weighted by atomic mass is 35.5. The largest absolute Gasteiger partial charge is 0.475 e. The smallest absolute Gasteiger partial charge is 0.370 e. The maximum absolute atomic E-state index is 10.7. The highest BCUT2D eigenvalue weighted by Gasteiger charge is 2.50. The number of nitrogens with two attached hydrogens (primary N) is 1. The first-order chi connectivity index (χ1) is 12.0. The van der Waals surface area contributed by atoms with Crippen molar-refractivity contribution in [2.45, 2.75) is 74.4 Å². The first-order valence-electron chi connectivity index (χ1n) is 8.09. The molecule has 0 aromatic heterocycles. The average molecular weight is 434 g/mol. The van der Waals surface area contributed by atoms with Crippen LogP contribution >= 0.6 is 12.4 Å². The molecular weight excluding hydrogens is 406 g/mol. The van der Waals surface area contributed by atoms with Crippen LogP contribution < -0.4 is 11.1 Å². The van der Waals surface area contributed by atoms with Crippen LogP contribution in [0.25, 0.3) is 0 Å². The van der Waals surface area contributed by atoms with E-state index in [1.165, 1.54) is 0 Å². The molecular formula is C14H28ClN3O10. The third-order valence-electron chi connectivity index (χ3n) is 4.70. The van der Waals surface area contributed by atoms with Gasteiger partial charge in [-0.25, -0.2) is 4.79 Å². The summed E-state index contributed by atoms with van der Waals surface area (Å²) in [5.74, 6) is -2.14. The fraction of sp³-hybridized carbons (Fsp3) is 0.857. The monoisotopic (exact) mass is 433 g/mol. The van der Waals surface area contributed by atoms with Crippen molar-refractivity contribution in [2.24, 2.45) is 5.73 Å². The van der Waals surface area contributed by atoms with E-state index in [-0.39, 0.29) is 24.3 Å². The molecule has 2 rings (SSSR count). The standard InChI is InChI=1S/C14H25N3O9.ClH.H2O/c1-3-5(17-12(16)13(23)24)2-4(15)14(25-3)26-11-9(21)7(19)6(18)8(20)10(11)22;;/h3-11,14,18-22H,2,15H2,1H3,(H2,16,17)(H,23,24);1H;1H2/t3-,4+,5+,6-,7+,8+,9-,10+,11+,14-;;/m1../s1. The molecule has 0 amide bonds. The molecule has 0 spiro atoms. The molecule has 2 fully saturated rings. The average Bonchev–Trinajstić information content (AvgIpc) is 2.58. The summed E-state index contributed by atoms with van der Waals surface area (Å²) >= 11 is 0. The number of hydrogen-bond donors (Lipinski definition) is 9. The van der Waals surface area contributed by atoms with Crippen molar-refractivity contribution in [3.05, 3.63) is 0 Å². The molecule has 0 aromatic carbocycles. The van der Waals surface area contributed by atoms with Gasteiger partial charge in [0, 0.05) is 0 Å². The highest BCUT2D eigenvalue weighted by molar-refractivity contribution is 6.33. The van der Waals surface area contributed by atoms with Gasteiger partial charge in [-0.05, 0) is 13.3 Å². The Balaban J connectivity index is 0.00000364. The second kappa shape index (κ2) is 10.6. The number of nitrogens with one attached hydrogen (secondary N) is 2. The van der Waals surface area contributed by atoms with Crippen LogP contribution in [0.2, 0.25) is 0 Å². The Morgan fingerprint density at radius 1 is 1.11 bits per heavy atom. The molecule has 2 aliphatic rings. The van der Waals surface area contributed by atoms with E-state index in [0.717, 1.165) is 0 Å². The van der Waals surface area contributed by atoms with Gasteiger partial charge in [-0.1, -0.05) is 0 Å². The quantitative estimate of drug-likeness (QED) is 0.151. The van der Waals surface area contributed by atoms with Gasteiger partial charge in [0.05, 0.1) is 18.2 Å². The molecule has 14 heteroatoms. The summed E-state index contributed by atoms with van der Waals surface area (Å²) in [6.45, 7) is 1.59. The number of halogens is 1. The van der Waals surface area contributed by atoms with Gasteiger partial charge in [-0.2, -0.15) is 0 Å². The molecule has 1 aliphatic carbocycles. The summed E-state index contributed by atoms with van der Waals surface area (Å²) in [7, 11) is 0. The molecule has 0 aromatic rings. The van der Waals surface area contributed by atoms with Gasteiger partial charge in [-0.3, -0.25) is 5.41 Å². The SMILES string of the molecule is C[C@H]1O[C@H](O[C@H]2[C@H](O)[C@@H](O)[C@@H](O)[C@H](O)[C@@H]2O)[C@@H](N)C[C@@H]1NC(=N)C(=O)O.Cl.O. The molecule has 0 radical (unpaired) electrons. The highest BCUT2D eigenvalue weighted by Crippen LogP contribution is 2.28. The number of aliphatic carboxylic acids is 1. The Hall–Kier alpha value is -1.13. The second-order valence-corrected chi connectivity index (χ2v) is 6.59. The second-order valence-electron chi connectivity index (χ2n) is 6.59. The van der Waals surface area contributed by atoms with Gasteiger partial charge in [-0.15, -0.1) is 12.4 Å². The Kier molecular flexibility index (Phi) is 10.2. The number of carboxylic acid groups (broad SMARTS) is 1. The Labute approximate surface area is 166 Å². The number of ether oxygens (including phenoxy) is 2. The lowest BCUT2D eigenvalue weighted by Crippen LogP contribution is -2.66. The van der Waals surface area contributed by atoms with Crippen molar-refractivity contribution in [1.82, 2.24) is 5.32 Å². The lowest BCUT2D eigenvalue weighted by molar-refractivity contribution is -0.293. The topological polar surface area (TPSA) is 250 Å². The van der Waals surface area contributed by atoms with Crippen molar-refractivity contribution in [3.63, 3.8) is 0 Å². The van der Waals surface area contributed by atoms with E-state index < -0.39 is 72.9 Å². The lowest BCUT2D eigenvalue weighted by Gasteiger charge is -2.45. The van der Waals surface area contributed by atoms with Gasteiger partial charge >= 0.3 is 5.97 Å². The molecule has 13 nitrogen and oxygen atoms in total. The molecule has 0 bridgehead atoms. The first kappa shape index (κ1) is 26.9. The van der Waals surface area contributed by atoms with Crippen LogP contribution in [0.15, 0.2) is 0 Å². The normalized spacial score (nSPS) is 43.2. The van der Waals surface area contributed by atoms with Crippen LogP contribution in [0.3, 0.4) is 0 Å². The van der Waals surface area contributed by atoms with Gasteiger partial charge < -0.3 is 56.6 Å². The lowest BCUT2D eigenvalue weighted by atomic mass is 9.84. The van der Waals surface area contributed by atoms with Gasteiger partial charge in [0.2, 0.25) is 5.84 Å². The maximum Gasteiger partial charge on any atom is 0.370 e. The minimum absolute atomic E-state index is 0. The van der Waals surface area contributed by atoms with E-state index in [0.29, 0.717) is 0 Å². The van der Waals surface area contributed by atoms with Gasteiger partial charge in [0.1, 0.15) is 36.6 Å². The Morgan fingerprint density at radius 3 is 2.04 bits per heavy atom. The number of aliphatic hydroxyl groups excluding tert-OH is 5. The molecule has 0 unspecified atom stereocenters. The molecule has 10 atom stereocenters. The summed E-state index contributed by atoms with van der Waals surface area (Å²) in [4.78, 5) is 10.7.